The predicted octanol–water partition coefficient (Wildman–Crippen LogP) is 2.11. The van der Waals surface area contributed by atoms with Crippen LogP contribution in [0.1, 0.15) is 12.5 Å². The van der Waals surface area contributed by atoms with Crippen LogP contribution in [0.4, 0.5) is 0 Å². The molecule has 0 heterocycles. The molecule has 0 fully saturated rings. The Hall–Kier alpha value is -1.22. The second-order valence-corrected chi connectivity index (χ2v) is 3.75. The smallest absolute Gasteiger partial charge is 0.191 e. The number of guanidine groups is 1. The fourth-order valence-electron chi connectivity index (χ4n) is 1.27. The van der Waals surface area contributed by atoms with Gasteiger partial charge in [0.25, 0.3) is 0 Å². The molecule has 1 aromatic rings. The molecule has 0 aliphatic rings. The van der Waals surface area contributed by atoms with Gasteiger partial charge in [-0.05, 0) is 24.6 Å². The molecule has 2 N–H and O–H groups in total. The lowest BCUT2D eigenvalue weighted by Crippen LogP contribution is -2.33. The van der Waals surface area contributed by atoms with Gasteiger partial charge in [0.1, 0.15) is 0 Å². The van der Waals surface area contributed by atoms with Gasteiger partial charge < -0.3 is 10.6 Å². The molecule has 0 spiro atoms. The lowest BCUT2D eigenvalue weighted by molar-refractivity contribution is 0.492. The molecule has 0 amide bonds. The van der Waals surface area contributed by atoms with Crippen LogP contribution in [0, 0.1) is 0 Å². The van der Waals surface area contributed by atoms with Crippen molar-refractivity contribution < 1.29 is 0 Å². The highest BCUT2D eigenvalue weighted by Gasteiger charge is 2.02. The van der Waals surface area contributed by atoms with Gasteiger partial charge in [0.05, 0.1) is 0 Å². The third-order valence-corrected chi connectivity index (χ3v) is 2.26. The average Bonchev–Trinajstić information content (AvgIpc) is 2.18. The highest BCUT2D eigenvalue weighted by molar-refractivity contribution is 6.30. The molecular weight excluding hydrogens is 210 g/mol. The summed E-state index contributed by atoms with van der Waals surface area (Å²) in [5, 5.41) is 0.743. The van der Waals surface area contributed by atoms with Crippen LogP contribution in [0.25, 0.3) is 0 Å². The fourth-order valence-corrected chi connectivity index (χ4v) is 1.49. The van der Waals surface area contributed by atoms with Gasteiger partial charge in [-0.1, -0.05) is 23.7 Å². The van der Waals surface area contributed by atoms with Crippen LogP contribution >= 0.6 is 11.6 Å². The number of hydrogen-bond acceptors (Lipinski definition) is 1. The Kier molecular flexibility index (Phi) is 4.43. The molecule has 0 saturated heterocycles. The zero-order valence-electron chi connectivity index (χ0n) is 9.07. The maximum Gasteiger partial charge on any atom is 0.191 e. The average molecular weight is 226 g/mol. The maximum absolute atomic E-state index is 5.89. The third kappa shape index (κ3) is 3.80. The number of aliphatic imine (C=N–C) groups is 1. The van der Waals surface area contributed by atoms with Crippen LogP contribution in [0.15, 0.2) is 29.3 Å². The fraction of sp³-hybridized carbons (Fsp3) is 0.364. The Morgan fingerprint density at radius 1 is 1.53 bits per heavy atom. The van der Waals surface area contributed by atoms with E-state index in [-0.39, 0.29) is 0 Å². The Morgan fingerprint density at radius 3 is 2.87 bits per heavy atom. The molecule has 4 heteroatoms. The third-order valence-electron chi connectivity index (χ3n) is 2.02. The first-order valence-corrected chi connectivity index (χ1v) is 5.26. The summed E-state index contributed by atoms with van der Waals surface area (Å²) in [5.74, 6) is 0.553. The van der Waals surface area contributed by atoms with Gasteiger partial charge in [-0.2, -0.15) is 0 Å². The number of hydrogen-bond donors (Lipinski definition) is 1. The van der Waals surface area contributed by atoms with Gasteiger partial charge in [0, 0.05) is 25.2 Å². The zero-order valence-corrected chi connectivity index (χ0v) is 9.83. The summed E-state index contributed by atoms with van der Waals surface area (Å²) < 4.78 is 0. The van der Waals surface area contributed by atoms with Crippen LogP contribution < -0.4 is 5.73 Å². The van der Waals surface area contributed by atoms with Crippen LogP contribution in [0.5, 0.6) is 0 Å². The van der Waals surface area contributed by atoms with Crippen molar-refractivity contribution in [3.8, 4) is 0 Å². The Labute approximate surface area is 95.6 Å². The summed E-state index contributed by atoms with van der Waals surface area (Å²) in [6.45, 7) is 3.38. The molecule has 15 heavy (non-hydrogen) atoms. The SMILES string of the molecule is CCN=C(N)N(C)Cc1cccc(Cl)c1. The molecule has 0 bridgehead atoms. The Bertz CT molecular complexity index is 349. The molecule has 0 radical (unpaired) electrons. The van der Waals surface area contributed by atoms with Crippen molar-refractivity contribution in [1.82, 2.24) is 4.90 Å². The minimum absolute atomic E-state index is 0.553. The molecule has 1 aromatic carbocycles. The monoisotopic (exact) mass is 225 g/mol. The van der Waals surface area contributed by atoms with Crippen molar-refractivity contribution >= 4 is 17.6 Å². The van der Waals surface area contributed by atoms with E-state index in [1.165, 1.54) is 0 Å². The van der Waals surface area contributed by atoms with Crippen LogP contribution in [-0.4, -0.2) is 24.5 Å². The Balaban J connectivity index is 2.66. The molecule has 0 unspecified atom stereocenters. The van der Waals surface area contributed by atoms with Gasteiger partial charge >= 0.3 is 0 Å². The van der Waals surface area contributed by atoms with E-state index in [2.05, 4.69) is 4.99 Å². The molecule has 0 aliphatic carbocycles. The molecular formula is C11H16ClN3. The first kappa shape index (κ1) is 11.9. The van der Waals surface area contributed by atoms with Gasteiger partial charge in [-0.3, -0.25) is 4.99 Å². The predicted molar refractivity (Wildman–Crippen MR) is 65.1 cm³/mol. The quantitative estimate of drug-likeness (QED) is 0.633. The number of nitrogens with two attached hydrogens (primary N) is 1. The minimum Gasteiger partial charge on any atom is -0.370 e. The van der Waals surface area contributed by atoms with Gasteiger partial charge in [-0.25, -0.2) is 0 Å². The lowest BCUT2D eigenvalue weighted by atomic mass is 10.2. The maximum atomic E-state index is 5.89. The molecule has 0 atom stereocenters. The van der Waals surface area contributed by atoms with Crippen LogP contribution in [-0.2, 0) is 6.54 Å². The Morgan fingerprint density at radius 2 is 2.27 bits per heavy atom. The number of benzene rings is 1. The minimum atomic E-state index is 0.553. The first-order valence-electron chi connectivity index (χ1n) is 4.89. The summed E-state index contributed by atoms with van der Waals surface area (Å²) in [6, 6.07) is 7.73. The first-order chi connectivity index (χ1) is 7.13. The summed E-state index contributed by atoms with van der Waals surface area (Å²) in [6.07, 6.45) is 0. The van der Waals surface area contributed by atoms with E-state index in [4.69, 9.17) is 17.3 Å². The molecule has 0 aliphatic heterocycles. The van der Waals surface area contributed by atoms with Gasteiger partial charge in [0.2, 0.25) is 0 Å². The van der Waals surface area contributed by atoms with Crippen molar-refractivity contribution in [3.05, 3.63) is 34.9 Å². The molecule has 1 rings (SSSR count). The van der Waals surface area contributed by atoms with E-state index in [0.717, 1.165) is 17.1 Å². The molecule has 0 aromatic heterocycles. The summed E-state index contributed by atoms with van der Waals surface area (Å²) in [7, 11) is 1.91. The van der Waals surface area contributed by atoms with Crippen molar-refractivity contribution in [1.29, 1.82) is 0 Å². The van der Waals surface area contributed by atoms with E-state index in [0.29, 0.717) is 12.5 Å². The second kappa shape index (κ2) is 5.61. The van der Waals surface area contributed by atoms with Crippen molar-refractivity contribution in [3.63, 3.8) is 0 Å². The van der Waals surface area contributed by atoms with Crippen molar-refractivity contribution in [2.75, 3.05) is 13.6 Å². The summed E-state index contributed by atoms with van der Waals surface area (Å²) >= 11 is 5.89. The topological polar surface area (TPSA) is 41.6 Å². The lowest BCUT2D eigenvalue weighted by Gasteiger charge is -2.17. The standard InChI is InChI=1S/C11H16ClN3/c1-3-14-11(13)15(2)8-9-5-4-6-10(12)7-9/h4-7H,3,8H2,1-2H3,(H2,13,14). The number of rotatable bonds is 3. The van der Waals surface area contributed by atoms with Gasteiger partial charge in [0.15, 0.2) is 5.96 Å². The molecule has 0 saturated carbocycles. The summed E-state index contributed by atoms with van der Waals surface area (Å²) in [4.78, 5) is 6.03. The van der Waals surface area contributed by atoms with Crippen LogP contribution in [0.2, 0.25) is 5.02 Å². The van der Waals surface area contributed by atoms with Crippen molar-refractivity contribution in [2.24, 2.45) is 10.7 Å². The van der Waals surface area contributed by atoms with E-state index >= 15 is 0 Å². The normalized spacial score (nSPS) is 11.5. The van der Waals surface area contributed by atoms with E-state index in [1.54, 1.807) is 0 Å². The van der Waals surface area contributed by atoms with E-state index < -0.39 is 0 Å². The highest BCUT2D eigenvalue weighted by Crippen LogP contribution is 2.11. The zero-order chi connectivity index (χ0) is 11.3. The van der Waals surface area contributed by atoms with Gasteiger partial charge in [-0.15, -0.1) is 0 Å². The van der Waals surface area contributed by atoms with E-state index in [9.17, 15) is 0 Å². The van der Waals surface area contributed by atoms with E-state index in [1.807, 2.05) is 43.1 Å². The van der Waals surface area contributed by atoms with Crippen LogP contribution in [0.3, 0.4) is 0 Å². The molecule has 82 valence electrons. The second-order valence-electron chi connectivity index (χ2n) is 3.32. The summed E-state index contributed by atoms with van der Waals surface area (Å²) in [5.41, 5.74) is 6.88. The largest absolute Gasteiger partial charge is 0.370 e. The van der Waals surface area contributed by atoms with Crippen molar-refractivity contribution in [2.45, 2.75) is 13.5 Å². The molecule has 3 nitrogen and oxygen atoms in total. The number of halogens is 1. The number of nitrogens with zero attached hydrogens (tertiary/aromatic N) is 2. The highest BCUT2D eigenvalue weighted by atomic mass is 35.5.